The SMILES string of the molecule is CC1CCCC(NC[C@H](C)O)CC1. The normalized spacial score (nSPS) is 32.5. The number of hydrogen-bond donors (Lipinski definition) is 2. The van der Waals surface area contributed by atoms with Gasteiger partial charge in [0.1, 0.15) is 0 Å². The molecule has 78 valence electrons. The van der Waals surface area contributed by atoms with E-state index in [2.05, 4.69) is 12.2 Å². The van der Waals surface area contributed by atoms with E-state index >= 15 is 0 Å². The first-order chi connectivity index (χ1) is 6.18. The van der Waals surface area contributed by atoms with E-state index in [1.54, 1.807) is 0 Å². The van der Waals surface area contributed by atoms with E-state index in [1.807, 2.05) is 6.92 Å². The van der Waals surface area contributed by atoms with Crippen molar-refractivity contribution in [1.29, 1.82) is 0 Å². The summed E-state index contributed by atoms with van der Waals surface area (Å²) in [4.78, 5) is 0. The highest BCUT2D eigenvalue weighted by Gasteiger charge is 2.15. The summed E-state index contributed by atoms with van der Waals surface area (Å²) in [5, 5.41) is 12.6. The van der Waals surface area contributed by atoms with Gasteiger partial charge in [0, 0.05) is 12.6 Å². The first-order valence-electron chi connectivity index (χ1n) is 5.60. The summed E-state index contributed by atoms with van der Waals surface area (Å²) in [7, 11) is 0. The summed E-state index contributed by atoms with van der Waals surface area (Å²) in [6, 6.07) is 0.652. The predicted molar refractivity (Wildman–Crippen MR) is 55.7 cm³/mol. The highest BCUT2D eigenvalue weighted by atomic mass is 16.3. The lowest BCUT2D eigenvalue weighted by Crippen LogP contribution is -2.34. The maximum atomic E-state index is 9.14. The maximum absolute atomic E-state index is 9.14. The van der Waals surface area contributed by atoms with Gasteiger partial charge in [0.25, 0.3) is 0 Å². The summed E-state index contributed by atoms with van der Waals surface area (Å²) in [6.45, 7) is 4.93. The van der Waals surface area contributed by atoms with Gasteiger partial charge in [-0.1, -0.05) is 19.8 Å². The largest absolute Gasteiger partial charge is 0.392 e. The van der Waals surface area contributed by atoms with Gasteiger partial charge in [0.05, 0.1) is 6.10 Å². The Morgan fingerprint density at radius 2 is 2.08 bits per heavy atom. The van der Waals surface area contributed by atoms with Crippen LogP contribution in [0.25, 0.3) is 0 Å². The van der Waals surface area contributed by atoms with E-state index in [9.17, 15) is 0 Å². The van der Waals surface area contributed by atoms with Crippen LogP contribution in [0.1, 0.15) is 46.0 Å². The van der Waals surface area contributed by atoms with E-state index in [-0.39, 0.29) is 6.10 Å². The summed E-state index contributed by atoms with van der Waals surface area (Å²) in [5.41, 5.74) is 0. The first kappa shape index (κ1) is 11.0. The minimum atomic E-state index is -0.208. The fourth-order valence-corrected chi connectivity index (χ4v) is 2.03. The average Bonchev–Trinajstić information content (AvgIpc) is 2.27. The van der Waals surface area contributed by atoms with Gasteiger partial charge in [-0.25, -0.2) is 0 Å². The third kappa shape index (κ3) is 4.63. The molecule has 1 fully saturated rings. The number of aliphatic hydroxyl groups excluding tert-OH is 1. The van der Waals surface area contributed by atoms with Crippen LogP contribution < -0.4 is 5.32 Å². The Hall–Kier alpha value is -0.0800. The Balaban J connectivity index is 2.18. The molecule has 0 saturated heterocycles. The Bertz CT molecular complexity index is 136. The van der Waals surface area contributed by atoms with Gasteiger partial charge in [-0.05, 0) is 32.1 Å². The van der Waals surface area contributed by atoms with Crippen LogP contribution in [0.2, 0.25) is 0 Å². The van der Waals surface area contributed by atoms with Crippen molar-refractivity contribution in [2.75, 3.05) is 6.54 Å². The third-order valence-electron chi connectivity index (χ3n) is 2.96. The van der Waals surface area contributed by atoms with Crippen LogP contribution in [0.3, 0.4) is 0 Å². The molecule has 1 rings (SSSR count). The molecule has 0 aromatic heterocycles. The highest BCUT2D eigenvalue weighted by Crippen LogP contribution is 2.22. The van der Waals surface area contributed by atoms with E-state index in [0.717, 1.165) is 12.5 Å². The zero-order valence-corrected chi connectivity index (χ0v) is 8.92. The Morgan fingerprint density at radius 1 is 1.31 bits per heavy atom. The van der Waals surface area contributed by atoms with E-state index < -0.39 is 0 Å². The fraction of sp³-hybridized carbons (Fsp3) is 1.00. The number of nitrogens with one attached hydrogen (secondary N) is 1. The Kier molecular flexibility index (Phi) is 4.74. The van der Waals surface area contributed by atoms with Crippen LogP contribution in [0.4, 0.5) is 0 Å². The lowest BCUT2D eigenvalue weighted by atomic mass is 10.0. The molecule has 3 atom stereocenters. The lowest BCUT2D eigenvalue weighted by molar-refractivity contribution is 0.184. The van der Waals surface area contributed by atoms with Crippen molar-refractivity contribution in [3.8, 4) is 0 Å². The fourth-order valence-electron chi connectivity index (χ4n) is 2.03. The monoisotopic (exact) mass is 185 g/mol. The van der Waals surface area contributed by atoms with E-state index in [1.165, 1.54) is 32.1 Å². The van der Waals surface area contributed by atoms with Crippen molar-refractivity contribution in [3.63, 3.8) is 0 Å². The summed E-state index contributed by atoms with van der Waals surface area (Å²) in [6.07, 6.45) is 6.44. The summed E-state index contributed by atoms with van der Waals surface area (Å²) >= 11 is 0. The van der Waals surface area contributed by atoms with Gasteiger partial charge < -0.3 is 10.4 Å². The van der Waals surface area contributed by atoms with Crippen molar-refractivity contribution in [3.05, 3.63) is 0 Å². The third-order valence-corrected chi connectivity index (χ3v) is 2.96. The predicted octanol–water partition coefficient (Wildman–Crippen LogP) is 1.93. The molecule has 0 spiro atoms. The minimum absolute atomic E-state index is 0.208. The van der Waals surface area contributed by atoms with Gasteiger partial charge in [0.2, 0.25) is 0 Å². The second-order valence-corrected chi connectivity index (χ2v) is 4.57. The Morgan fingerprint density at radius 3 is 2.77 bits per heavy atom. The molecule has 2 N–H and O–H groups in total. The average molecular weight is 185 g/mol. The molecule has 0 amide bonds. The molecule has 1 aliphatic carbocycles. The van der Waals surface area contributed by atoms with Crippen LogP contribution in [0.5, 0.6) is 0 Å². The molecule has 0 aromatic carbocycles. The van der Waals surface area contributed by atoms with Crippen molar-refractivity contribution in [1.82, 2.24) is 5.32 Å². The molecule has 1 aliphatic rings. The van der Waals surface area contributed by atoms with Crippen LogP contribution in [-0.2, 0) is 0 Å². The first-order valence-corrected chi connectivity index (χ1v) is 5.60. The number of hydrogen-bond acceptors (Lipinski definition) is 2. The molecule has 2 unspecified atom stereocenters. The molecule has 2 nitrogen and oxygen atoms in total. The highest BCUT2D eigenvalue weighted by molar-refractivity contribution is 4.73. The molecule has 0 bridgehead atoms. The van der Waals surface area contributed by atoms with Crippen molar-refractivity contribution >= 4 is 0 Å². The summed E-state index contributed by atoms with van der Waals surface area (Å²) < 4.78 is 0. The molecule has 0 heterocycles. The standard InChI is InChI=1S/C11H23NO/c1-9-4-3-5-11(7-6-9)12-8-10(2)13/h9-13H,3-8H2,1-2H3/t9?,10-,11?/m0/s1. The second kappa shape index (κ2) is 5.61. The quantitative estimate of drug-likeness (QED) is 0.658. The maximum Gasteiger partial charge on any atom is 0.0636 e. The smallest absolute Gasteiger partial charge is 0.0636 e. The van der Waals surface area contributed by atoms with Crippen LogP contribution in [0, 0.1) is 5.92 Å². The number of aliphatic hydroxyl groups is 1. The summed E-state index contributed by atoms with van der Waals surface area (Å²) in [5.74, 6) is 0.901. The van der Waals surface area contributed by atoms with E-state index in [4.69, 9.17) is 5.11 Å². The topological polar surface area (TPSA) is 32.3 Å². The molecule has 0 aliphatic heterocycles. The lowest BCUT2D eigenvalue weighted by Gasteiger charge is -2.17. The molecule has 0 radical (unpaired) electrons. The molecule has 0 aromatic rings. The molecule has 13 heavy (non-hydrogen) atoms. The van der Waals surface area contributed by atoms with E-state index in [0.29, 0.717) is 6.04 Å². The van der Waals surface area contributed by atoms with Gasteiger partial charge in [-0.15, -0.1) is 0 Å². The zero-order valence-electron chi connectivity index (χ0n) is 8.92. The minimum Gasteiger partial charge on any atom is -0.392 e. The second-order valence-electron chi connectivity index (χ2n) is 4.57. The molecule has 1 saturated carbocycles. The van der Waals surface area contributed by atoms with Crippen molar-refractivity contribution < 1.29 is 5.11 Å². The van der Waals surface area contributed by atoms with Gasteiger partial charge in [-0.3, -0.25) is 0 Å². The Labute approximate surface area is 81.7 Å². The molecular formula is C11H23NO. The molecule has 2 heteroatoms. The molecular weight excluding hydrogens is 162 g/mol. The van der Waals surface area contributed by atoms with Gasteiger partial charge in [0.15, 0.2) is 0 Å². The van der Waals surface area contributed by atoms with Crippen molar-refractivity contribution in [2.24, 2.45) is 5.92 Å². The van der Waals surface area contributed by atoms with Gasteiger partial charge >= 0.3 is 0 Å². The van der Waals surface area contributed by atoms with Crippen LogP contribution in [0.15, 0.2) is 0 Å². The van der Waals surface area contributed by atoms with Crippen LogP contribution in [-0.4, -0.2) is 23.8 Å². The van der Waals surface area contributed by atoms with Crippen molar-refractivity contribution in [2.45, 2.75) is 58.1 Å². The van der Waals surface area contributed by atoms with Crippen LogP contribution >= 0.6 is 0 Å². The van der Waals surface area contributed by atoms with Gasteiger partial charge in [-0.2, -0.15) is 0 Å². The number of rotatable bonds is 3. The zero-order chi connectivity index (χ0) is 9.68.